The normalized spacial score (nSPS) is 12.9. The van der Waals surface area contributed by atoms with E-state index in [-0.39, 0.29) is 29.8 Å². The van der Waals surface area contributed by atoms with Gasteiger partial charge in [0.15, 0.2) is 0 Å². The van der Waals surface area contributed by atoms with Gasteiger partial charge >= 0.3 is 12.1 Å². The van der Waals surface area contributed by atoms with Crippen LogP contribution in [0.3, 0.4) is 0 Å². The number of nitrogens with one attached hydrogen (secondary N) is 1. The predicted molar refractivity (Wildman–Crippen MR) is 123 cm³/mol. The zero-order chi connectivity index (χ0) is 26.0. The molecule has 0 fully saturated rings. The lowest BCUT2D eigenvalue weighted by Crippen LogP contribution is -2.43. The van der Waals surface area contributed by atoms with Crippen molar-refractivity contribution in [2.75, 3.05) is 0 Å². The van der Waals surface area contributed by atoms with Crippen molar-refractivity contribution in [3.8, 4) is 5.75 Å². The van der Waals surface area contributed by atoms with Gasteiger partial charge in [-0.3, -0.25) is 4.79 Å². The number of amides is 1. The number of benzene rings is 3. The first-order valence-corrected chi connectivity index (χ1v) is 10.8. The molecule has 0 bridgehead atoms. The summed E-state index contributed by atoms with van der Waals surface area (Å²) in [6.45, 7) is 5.37. The lowest BCUT2D eigenvalue weighted by Gasteiger charge is -2.24. The summed E-state index contributed by atoms with van der Waals surface area (Å²) in [6, 6.07) is 9.99. The van der Waals surface area contributed by atoms with Crippen molar-refractivity contribution in [3.63, 3.8) is 0 Å². The Balaban J connectivity index is 1.94. The summed E-state index contributed by atoms with van der Waals surface area (Å²) < 4.78 is 58.1. The Morgan fingerprint density at radius 1 is 1.00 bits per heavy atom. The SMILES string of the molecule is CC(C)(C)CC(NC(=O)c1ccc2cc(F)ccc2c1OCc1ccc(C(F)(F)F)cc1)C(=O)O. The maximum Gasteiger partial charge on any atom is 0.416 e. The molecule has 1 atom stereocenters. The van der Waals surface area contributed by atoms with E-state index < -0.39 is 35.5 Å². The molecule has 0 saturated carbocycles. The van der Waals surface area contributed by atoms with Crippen molar-refractivity contribution in [2.24, 2.45) is 5.41 Å². The molecule has 0 radical (unpaired) electrons. The van der Waals surface area contributed by atoms with Crippen molar-refractivity contribution >= 4 is 22.6 Å². The molecule has 3 aromatic rings. The third kappa shape index (κ3) is 6.71. The van der Waals surface area contributed by atoms with Crippen LogP contribution in [0.2, 0.25) is 0 Å². The van der Waals surface area contributed by atoms with Gasteiger partial charge in [-0.15, -0.1) is 0 Å². The van der Waals surface area contributed by atoms with Crippen molar-refractivity contribution < 1.29 is 37.0 Å². The number of ether oxygens (including phenoxy) is 1. The smallest absolute Gasteiger partial charge is 0.416 e. The average molecular weight is 491 g/mol. The van der Waals surface area contributed by atoms with Gasteiger partial charge in [0.05, 0.1) is 11.1 Å². The second kappa shape index (κ2) is 9.93. The van der Waals surface area contributed by atoms with Gasteiger partial charge in [-0.1, -0.05) is 39.0 Å². The molecule has 0 saturated heterocycles. The number of halogens is 4. The molecular weight excluding hydrogens is 466 g/mol. The number of carbonyl (C=O) groups excluding carboxylic acids is 1. The highest BCUT2D eigenvalue weighted by atomic mass is 19.4. The monoisotopic (exact) mass is 491 g/mol. The number of hydrogen-bond acceptors (Lipinski definition) is 3. The van der Waals surface area contributed by atoms with Gasteiger partial charge in [0.1, 0.15) is 24.2 Å². The maximum atomic E-state index is 13.8. The van der Waals surface area contributed by atoms with E-state index in [1.807, 2.05) is 20.8 Å². The molecule has 0 spiro atoms. The molecule has 1 amide bonds. The van der Waals surface area contributed by atoms with Crippen LogP contribution >= 0.6 is 0 Å². The van der Waals surface area contributed by atoms with E-state index in [2.05, 4.69) is 5.32 Å². The van der Waals surface area contributed by atoms with Gasteiger partial charge in [-0.25, -0.2) is 9.18 Å². The molecule has 3 aromatic carbocycles. The minimum absolute atomic E-state index is 0.0242. The standard InChI is InChI=1S/C26H25F4NO4/c1-25(2,3)13-21(24(33)34)31-23(32)20-10-6-16-12-18(27)9-11-19(16)22(20)35-14-15-4-7-17(8-5-15)26(28,29)30/h4-12,21H,13-14H2,1-3H3,(H,31,32)(H,33,34). The van der Waals surface area contributed by atoms with Gasteiger partial charge < -0.3 is 15.2 Å². The van der Waals surface area contributed by atoms with Crippen molar-refractivity contribution in [2.45, 2.75) is 46.0 Å². The second-order valence-electron chi connectivity index (χ2n) is 9.42. The highest BCUT2D eigenvalue weighted by Crippen LogP contribution is 2.33. The van der Waals surface area contributed by atoms with Gasteiger partial charge in [0, 0.05) is 5.39 Å². The van der Waals surface area contributed by atoms with Crippen LogP contribution in [0.1, 0.15) is 48.7 Å². The second-order valence-corrected chi connectivity index (χ2v) is 9.42. The Hall–Kier alpha value is -3.62. The highest BCUT2D eigenvalue weighted by Gasteiger charge is 2.30. The summed E-state index contributed by atoms with van der Waals surface area (Å²) in [6.07, 6.45) is -4.30. The number of carbonyl (C=O) groups is 2. The quantitative estimate of drug-likeness (QED) is 0.386. The summed E-state index contributed by atoms with van der Waals surface area (Å²) >= 11 is 0. The number of fused-ring (bicyclic) bond motifs is 1. The van der Waals surface area contributed by atoms with Crippen molar-refractivity contribution in [1.29, 1.82) is 0 Å². The Bertz CT molecular complexity index is 1230. The Kier molecular flexibility index (Phi) is 7.38. The van der Waals surface area contributed by atoms with Gasteiger partial charge in [0.2, 0.25) is 0 Å². The molecule has 0 aliphatic heterocycles. The van der Waals surface area contributed by atoms with E-state index in [1.54, 1.807) is 0 Å². The predicted octanol–water partition coefficient (Wildman–Crippen LogP) is 6.20. The van der Waals surface area contributed by atoms with Gasteiger partial charge in [-0.2, -0.15) is 13.2 Å². The molecule has 9 heteroatoms. The minimum atomic E-state index is -4.47. The Morgan fingerprint density at radius 2 is 1.66 bits per heavy atom. The first kappa shape index (κ1) is 26.0. The van der Waals surface area contributed by atoms with E-state index in [1.165, 1.54) is 42.5 Å². The first-order valence-electron chi connectivity index (χ1n) is 10.8. The Labute approximate surface area is 199 Å². The molecule has 186 valence electrons. The van der Waals surface area contributed by atoms with Crippen LogP contribution in [-0.2, 0) is 17.6 Å². The lowest BCUT2D eigenvalue weighted by atomic mass is 9.88. The largest absolute Gasteiger partial charge is 0.487 e. The molecule has 0 aliphatic carbocycles. The minimum Gasteiger partial charge on any atom is -0.487 e. The fraction of sp³-hybridized carbons (Fsp3) is 0.308. The third-order valence-corrected chi connectivity index (χ3v) is 5.26. The molecule has 0 heterocycles. The Morgan fingerprint density at radius 3 is 2.23 bits per heavy atom. The van der Waals surface area contributed by atoms with Crippen molar-refractivity contribution in [3.05, 3.63) is 77.1 Å². The van der Waals surface area contributed by atoms with Crippen LogP contribution in [0, 0.1) is 11.2 Å². The van der Waals surface area contributed by atoms with E-state index in [4.69, 9.17) is 4.74 Å². The maximum absolute atomic E-state index is 13.8. The van der Waals surface area contributed by atoms with Gasteiger partial charge in [0.25, 0.3) is 5.91 Å². The summed E-state index contributed by atoms with van der Waals surface area (Å²) in [4.78, 5) is 24.8. The number of carboxylic acids is 1. The van der Waals surface area contributed by atoms with E-state index in [0.717, 1.165) is 12.1 Å². The van der Waals surface area contributed by atoms with Crippen LogP contribution in [0.5, 0.6) is 5.75 Å². The number of aliphatic carboxylic acids is 1. The molecular formula is C26H25F4NO4. The fourth-order valence-corrected chi connectivity index (χ4v) is 3.60. The highest BCUT2D eigenvalue weighted by molar-refractivity contribution is 6.04. The first-order chi connectivity index (χ1) is 16.2. The summed E-state index contributed by atoms with van der Waals surface area (Å²) in [5.41, 5.74) is -0.740. The fourth-order valence-electron chi connectivity index (χ4n) is 3.60. The number of hydrogen-bond donors (Lipinski definition) is 2. The summed E-state index contributed by atoms with van der Waals surface area (Å²) in [5, 5.41) is 12.9. The number of alkyl halides is 3. The topological polar surface area (TPSA) is 75.6 Å². The zero-order valence-corrected chi connectivity index (χ0v) is 19.4. The molecule has 5 nitrogen and oxygen atoms in total. The molecule has 1 unspecified atom stereocenters. The van der Waals surface area contributed by atoms with Crippen molar-refractivity contribution in [1.82, 2.24) is 5.32 Å². The van der Waals surface area contributed by atoms with Crippen LogP contribution in [-0.4, -0.2) is 23.0 Å². The summed E-state index contributed by atoms with van der Waals surface area (Å²) in [7, 11) is 0. The number of rotatable bonds is 7. The van der Waals surface area contributed by atoms with Gasteiger partial charge in [-0.05, 0) is 59.2 Å². The molecule has 0 aliphatic rings. The lowest BCUT2D eigenvalue weighted by molar-refractivity contribution is -0.140. The molecule has 2 N–H and O–H groups in total. The van der Waals surface area contributed by atoms with Crippen LogP contribution in [0.25, 0.3) is 10.8 Å². The average Bonchev–Trinajstić information content (AvgIpc) is 2.75. The third-order valence-electron chi connectivity index (χ3n) is 5.26. The number of carboxylic acid groups (broad SMARTS) is 1. The van der Waals surface area contributed by atoms with E-state index >= 15 is 0 Å². The zero-order valence-electron chi connectivity index (χ0n) is 19.4. The van der Waals surface area contributed by atoms with E-state index in [0.29, 0.717) is 16.3 Å². The van der Waals surface area contributed by atoms with Crippen LogP contribution in [0.4, 0.5) is 17.6 Å². The van der Waals surface area contributed by atoms with Crippen LogP contribution < -0.4 is 10.1 Å². The molecule has 3 rings (SSSR count). The van der Waals surface area contributed by atoms with Crippen LogP contribution in [0.15, 0.2) is 54.6 Å². The summed E-state index contributed by atoms with van der Waals surface area (Å²) in [5.74, 6) is -2.32. The molecule has 35 heavy (non-hydrogen) atoms. The van der Waals surface area contributed by atoms with E-state index in [9.17, 15) is 32.3 Å². The molecule has 0 aromatic heterocycles.